The van der Waals surface area contributed by atoms with Crippen molar-refractivity contribution in [3.05, 3.63) is 64.2 Å². The van der Waals surface area contributed by atoms with Gasteiger partial charge in [-0.05, 0) is 30.2 Å². The van der Waals surface area contributed by atoms with Crippen molar-refractivity contribution in [1.82, 2.24) is 0 Å². The number of rotatable bonds is 4. The zero-order valence-corrected chi connectivity index (χ0v) is 12.1. The summed E-state index contributed by atoms with van der Waals surface area (Å²) in [5.74, 6) is 0.686. The molecule has 0 spiro atoms. The van der Waals surface area contributed by atoms with E-state index in [4.69, 9.17) is 34.3 Å². The highest BCUT2D eigenvalue weighted by atomic mass is 35.5. The van der Waals surface area contributed by atoms with E-state index in [2.05, 4.69) is 0 Å². The van der Waals surface area contributed by atoms with Gasteiger partial charge in [0, 0.05) is 5.56 Å². The van der Waals surface area contributed by atoms with Crippen molar-refractivity contribution in [3.63, 3.8) is 0 Å². The molecule has 0 saturated carbocycles. The van der Waals surface area contributed by atoms with Crippen LogP contribution < -0.4 is 10.5 Å². The topological polar surface area (TPSA) is 35.2 Å². The number of hydrogen-bond acceptors (Lipinski definition) is 2. The van der Waals surface area contributed by atoms with Crippen LogP contribution in [0, 0.1) is 6.92 Å². The van der Waals surface area contributed by atoms with Crippen molar-refractivity contribution in [3.8, 4) is 5.75 Å². The van der Waals surface area contributed by atoms with Gasteiger partial charge in [-0.25, -0.2) is 0 Å². The molecule has 0 unspecified atom stereocenters. The summed E-state index contributed by atoms with van der Waals surface area (Å²) < 4.78 is 5.68. The molecule has 2 aromatic carbocycles. The first-order valence-electron chi connectivity index (χ1n) is 5.84. The Morgan fingerprint density at radius 3 is 2.47 bits per heavy atom. The zero-order chi connectivity index (χ0) is 13.8. The summed E-state index contributed by atoms with van der Waals surface area (Å²) in [6, 6.07) is 13.4. The number of hydrogen-bond donors (Lipinski definition) is 1. The van der Waals surface area contributed by atoms with Crippen LogP contribution in [0.15, 0.2) is 42.5 Å². The van der Waals surface area contributed by atoms with Crippen molar-refractivity contribution in [1.29, 1.82) is 0 Å². The van der Waals surface area contributed by atoms with Crippen LogP contribution in [-0.2, 0) is 6.61 Å². The zero-order valence-electron chi connectivity index (χ0n) is 10.5. The second-order valence-corrected chi connectivity index (χ2v) is 5.13. The maximum atomic E-state index is 6.10. The SMILES string of the molecule is Cc1ccc(OCc2ccc(C(N)=S)cc2)c(Cl)c1. The lowest BCUT2D eigenvalue weighted by Crippen LogP contribution is -2.09. The van der Waals surface area contributed by atoms with Crippen molar-refractivity contribution in [2.45, 2.75) is 13.5 Å². The van der Waals surface area contributed by atoms with Gasteiger partial charge in [0.1, 0.15) is 17.3 Å². The van der Waals surface area contributed by atoms with Gasteiger partial charge < -0.3 is 10.5 Å². The third kappa shape index (κ3) is 3.69. The van der Waals surface area contributed by atoms with Crippen LogP contribution in [0.25, 0.3) is 0 Å². The summed E-state index contributed by atoms with van der Waals surface area (Å²) in [6.45, 7) is 2.45. The molecule has 0 amide bonds. The monoisotopic (exact) mass is 291 g/mol. The van der Waals surface area contributed by atoms with E-state index in [0.29, 0.717) is 22.4 Å². The first kappa shape index (κ1) is 13.8. The van der Waals surface area contributed by atoms with Gasteiger partial charge in [0.2, 0.25) is 0 Å². The van der Waals surface area contributed by atoms with E-state index in [1.165, 1.54) is 0 Å². The molecule has 0 heterocycles. The van der Waals surface area contributed by atoms with E-state index < -0.39 is 0 Å². The largest absolute Gasteiger partial charge is 0.487 e. The second kappa shape index (κ2) is 6.04. The average molecular weight is 292 g/mol. The molecular formula is C15H14ClNOS. The van der Waals surface area contributed by atoms with E-state index >= 15 is 0 Å². The summed E-state index contributed by atoms with van der Waals surface area (Å²) in [5, 5.41) is 0.625. The lowest BCUT2D eigenvalue weighted by Gasteiger charge is -2.09. The number of thiocarbonyl (C=S) groups is 1. The lowest BCUT2D eigenvalue weighted by molar-refractivity contribution is 0.306. The molecular weight excluding hydrogens is 278 g/mol. The minimum atomic E-state index is 0.397. The molecule has 0 aliphatic rings. The van der Waals surface area contributed by atoms with Crippen LogP contribution in [0.1, 0.15) is 16.7 Å². The van der Waals surface area contributed by atoms with Gasteiger partial charge in [-0.1, -0.05) is 54.2 Å². The molecule has 2 N–H and O–H groups in total. The van der Waals surface area contributed by atoms with Crippen molar-refractivity contribution >= 4 is 28.8 Å². The summed E-state index contributed by atoms with van der Waals surface area (Å²) >= 11 is 11.0. The quantitative estimate of drug-likeness (QED) is 0.869. The Morgan fingerprint density at radius 1 is 1.21 bits per heavy atom. The summed E-state index contributed by atoms with van der Waals surface area (Å²) in [6.07, 6.45) is 0. The molecule has 4 heteroatoms. The predicted molar refractivity (Wildman–Crippen MR) is 82.9 cm³/mol. The van der Waals surface area contributed by atoms with Crippen molar-refractivity contribution in [2.24, 2.45) is 5.73 Å². The van der Waals surface area contributed by atoms with Crippen LogP contribution >= 0.6 is 23.8 Å². The fourth-order valence-corrected chi connectivity index (χ4v) is 2.07. The molecule has 98 valence electrons. The van der Waals surface area contributed by atoms with Crippen molar-refractivity contribution < 1.29 is 4.74 Å². The van der Waals surface area contributed by atoms with Crippen LogP contribution in [0.5, 0.6) is 5.75 Å². The molecule has 2 aromatic rings. The first-order chi connectivity index (χ1) is 9.06. The smallest absolute Gasteiger partial charge is 0.138 e. The Morgan fingerprint density at radius 2 is 1.89 bits per heavy atom. The van der Waals surface area contributed by atoms with E-state index in [0.717, 1.165) is 16.7 Å². The molecule has 2 rings (SSSR count). The molecule has 0 atom stereocenters. The Hall–Kier alpha value is -1.58. The van der Waals surface area contributed by atoms with Gasteiger partial charge >= 0.3 is 0 Å². The van der Waals surface area contributed by atoms with Gasteiger partial charge in [0.15, 0.2) is 0 Å². The Kier molecular flexibility index (Phi) is 4.40. The van der Waals surface area contributed by atoms with Gasteiger partial charge in [0.25, 0.3) is 0 Å². The number of ether oxygens (including phenoxy) is 1. The van der Waals surface area contributed by atoms with E-state index in [1.807, 2.05) is 49.4 Å². The predicted octanol–water partition coefficient (Wildman–Crippen LogP) is 3.86. The highest BCUT2D eigenvalue weighted by Crippen LogP contribution is 2.25. The highest BCUT2D eigenvalue weighted by Gasteiger charge is 2.02. The maximum absolute atomic E-state index is 6.10. The summed E-state index contributed by atoms with van der Waals surface area (Å²) in [7, 11) is 0. The Labute approximate surface area is 123 Å². The number of benzene rings is 2. The fraction of sp³-hybridized carbons (Fsp3) is 0.133. The number of nitrogens with two attached hydrogens (primary N) is 1. The molecule has 19 heavy (non-hydrogen) atoms. The van der Waals surface area contributed by atoms with Crippen molar-refractivity contribution in [2.75, 3.05) is 0 Å². The summed E-state index contributed by atoms with van der Waals surface area (Å²) in [4.78, 5) is 0.397. The van der Waals surface area contributed by atoms with E-state index in [-0.39, 0.29) is 0 Å². The Bertz CT molecular complexity index is 596. The van der Waals surface area contributed by atoms with Gasteiger partial charge in [-0.3, -0.25) is 0 Å². The fourth-order valence-electron chi connectivity index (χ4n) is 1.65. The maximum Gasteiger partial charge on any atom is 0.138 e. The third-order valence-electron chi connectivity index (χ3n) is 2.72. The van der Waals surface area contributed by atoms with E-state index in [9.17, 15) is 0 Å². The molecule has 2 nitrogen and oxygen atoms in total. The standard InChI is InChI=1S/C15H14ClNOS/c1-10-2-7-14(13(16)8-10)18-9-11-3-5-12(6-4-11)15(17)19/h2-8H,9H2,1H3,(H2,17,19). The lowest BCUT2D eigenvalue weighted by atomic mass is 10.1. The van der Waals surface area contributed by atoms with Crippen LogP contribution in [0.4, 0.5) is 0 Å². The van der Waals surface area contributed by atoms with Gasteiger partial charge in [-0.2, -0.15) is 0 Å². The summed E-state index contributed by atoms with van der Waals surface area (Å²) in [5.41, 5.74) is 8.55. The molecule has 0 aliphatic carbocycles. The third-order valence-corrected chi connectivity index (χ3v) is 3.25. The molecule has 0 fully saturated rings. The highest BCUT2D eigenvalue weighted by molar-refractivity contribution is 7.80. The molecule has 0 aromatic heterocycles. The second-order valence-electron chi connectivity index (χ2n) is 4.28. The molecule has 0 saturated heterocycles. The van der Waals surface area contributed by atoms with Gasteiger partial charge in [0.05, 0.1) is 5.02 Å². The average Bonchev–Trinajstić information content (AvgIpc) is 2.38. The van der Waals surface area contributed by atoms with Gasteiger partial charge in [-0.15, -0.1) is 0 Å². The first-order valence-corrected chi connectivity index (χ1v) is 6.62. The molecule has 0 radical (unpaired) electrons. The number of aryl methyl sites for hydroxylation is 1. The number of halogens is 1. The minimum absolute atomic E-state index is 0.397. The van der Waals surface area contributed by atoms with Crippen LogP contribution in [0.3, 0.4) is 0 Å². The van der Waals surface area contributed by atoms with Crippen LogP contribution in [-0.4, -0.2) is 4.99 Å². The normalized spacial score (nSPS) is 10.2. The minimum Gasteiger partial charge on any atom is -0.487 e. The van der Waals surface area contributed by atoms with Crippen LogP contribution in [0.2, 0.25) is 5.02 Å². The molecule has 0 aliphatic heterocycles. The Balaban J connectivity index is 2.04. The van der Waals surface area contributed by atoms with E-state index in [1.54, 1.807) is 0 Å². The molecule has 0 bridgehead atoms.